The maximum Gasteiger partial charge on any atom is 0.123 e. The molecule has 0 aromatic heterocycles. The molecule has 2 rings (SSSR count). The van der Waals surface area contributed by atoms with Crippen LogP contribution in [0.4, 0.5) is 4.39 Å². The number of rotatable bonds is 5. The molecule has 0 heterocycles. The van der Waals surface area contributed by atoms with E-state index in [1.165, 1.54) is 25.0 Å². The lowest BCUT2D eigenvalue weighted by molar-refractivity contribution is 0.407. The molecule has 1 saturated carbocycles. The van der Waals surface area contributed by atoms with E-state index in [9.17, 15) is 4.39 Å². The molecule has 88 valence electrons. The molecule has 0 aliphatic heterocycles. The third-order valence-corrected chi connectivity index (χ3v) is 3.64. The van der Waals surface area contributed by atoms with Gasteiger partial charge in [-0.1, -0.05) is 0 Å². The zero-order valence-electron chi connectivity index (χ0n) is 9.38. The van der Waals surface area contributed by atoms with Gasteiger partial charge in [-0.3, -0.25) is 0 Å². The lowest BCUT2D eigenvalue weighted by atomic mass is 10.0. The molecule has 16 heavy (non-hydrogen) atoms. The Labute approximate surface area is 101 Å². The summed E-state index contributed by atoms with van der Waals surface area (Å²) in [6.45, 7) is 0. The zero-order chi connectivity index (χ0) is 11.5. The van der Waals surface area contributed by atoms with Crippen LogP contribution in [0.2, 0.25) is 0 Å². The topological polar surface area (TPSA) is 9.23 Å². The molecule has 0 spiro atoms. The van der Waals surface area contributed by atoms with E-state index in [0.717, 1.165) is 24.2 Å². The summed E-state index contributed by atoms with van der Waals surface area (Å²) in [5, 5.41) is 0.230. The van der Waals surface area contributed by atoms with E-state index in [0.29, 0.717) is 5.92 Å². The van der Waals surface area contributed by atoms with Gasteiger partial charge in [-0.05, 0) is 55.4 Å². The van der Waals surface area contributed by atoms with E-state index >= 15 is 0 Å². The largest absolute Gasteiger partial charge is 0.496 e. The average molecular weight is 243 g/mol. The molecule has 1 aliphatic rings. The van der Waals surface area contributed by atoms with Gasteiger partial charge in [0.15, 0.2) is 0 Å². The number of aryl methyl sites for hydroxylation is 1. The van der Waals surface area contributed by atoms with Crippen molar-refractivity contribution in [3.8, 4) is 5.75 Å². The summed E-state index contributed by atoms with van der Waals surface area (Å²) >= 11 is 6.23. The van der Waals surface area contributed by atoms with Crippen molar-refractivity contribution >= 4 is 11.6 Å². The first-order chi connectivity index (χ1) is 7.70. The molecule has 3 heteroatoms. The molecule has 0 bridgehead atoms. The number of benzene rings is 1. The Morgan fingerprint density at radius 3 is 2.88 bits per heavy atom. The van der Waals surface area contributed by atoms with Gasteiger partial charge in [-0.2, -0.15) is 0 Å². The molecule has 1 nitrogen and oxygen atoms in total. The van der Waals surface area contributed by atoms with Gasteiger partial charge in [0.2, 0.25) is 0 Å². The zero-order valence-corrected chi connectivity index (χ0v) is 10.1. The fraction of sp³-hybridized carbons (Fsp3) is 0.538. The molecule has 0 amide bonds. The van der Waals surface area contributed by atoms with E-state index < -0.39 is 0 Å². The van der Waals surface area contributed by atoms with Crippen molar-refractivity contribution in [2.45, 2.75) is 31.1 Å². The fourth-order valence-corrected chi connectivity index (χ4v) is 2.29. The summed E-state index contributed by atoms with van der Waals surface area (Å²) in [6.07, 6.45) is 4.17. The molecule has 0 saturated heterocycles. The molecule has 1 unspecified atom stereocenters. The number of halogens is 2. The molecule has 0 N–H and O–H groups in total. The third-order valence-electron chi connectivity index (χ3n) is 3.07. The SMILES string of the molecule is COc1ccc(F)cc1CCC(Cl)C1CC1. The van der Waals surface area contributed by atoms with Crippen LogP contribution in [0.15, 0.2) is 18.2 Å². The third kappa shape index (κ3) is 2.88. The predicted molar refractivity (Wildman–Crippen MR) is 63.6 cm³/mol. The second-order valence-corrected chi connectivity index (χ2v) is 4.91. The first kappa shape index (κ1) is 11.7. The van der Waals surface area contributed by atoms with Crippen molar-refractivity contribution in [1.29, 1.82) is 0 Å². The van der Waals surface area contributed by atoms with Crippen LogP contribution in [0, 0.1) is 11.7 Å². The van der Waals surface area contributed by atoms with Crippen molar-refractivity contribution in [1.82, 2.24) is 0 Å². The molecular formula is C13H16ClFO. The summed E-state index contributed by atoms with van der Waals surface area (Å²) in [7, 11) is 1.61. The molecule has 1 aromatic rings. The van der Waals surface area contributed by atoms with Crippen LogP contribution in [0.5, 0.6) is 5.75 Å². The summed E-state index contributed by atoms with van der Waals surface area (Å²) in [4.78, 5) is 0. The van der Waals surface area contributed by atoms with Crippen molar-refractivity contribution in [2.75, 3.05) is 7.11 Å². The summed E-state index contributed by atoms with van der Waals surface area (Å²) in [6, 6.07) is 4.63. The molecular weight excluding hydrogens is 227 g/mol. The van der Waals surface area contributed by atoms with Crippen LogP contribution in [-0.4, -0.2) is 12.5 Å². The number of hydrogen-bond acceptors (Lipinski definition) is 1. The van der Waals surface area contributed by atoms with Crippen LogP contribution in [0.3, 0.4) is 0 Å². The molecule has 1 fully saturated rings. The lowest BCUT2D eigenvalue weighted by Crippen LogP contribution is -2.04. The highest BCUT2D eigenvalue weighted by Crippen LogP contribution is 2.38. The molecule has 1 aliphatic carbocycles. The number of ether oxygens (including phenoxy) is 1. The van der Waals surface area contributed by atoms with Gasteiger partial charge in [0, 0.05) is 5.38 Å². The Morgan fingerprint density at radius 2 is 2.25 bits per heavy atom. The van der Waals surface area contributed by atoms with E-state index in [1.54, 1.807) is 13.2 Å². The Bertz CT molecular complexity index is 363. The highest BCUT2D eigenvalue weighted by atomic mass is 35.5. The van der Waals surface area contributed by atoms with Crippen LogP contribution in [0.25, 0.3) is 0 Å². The average Bonchev–Trinajstić information content (AvgIpc) is 3.10. The molecule has 1 atom stereocenters. The normalized spacial score (nSPS) is 17.2. The number of alkyl halides is 1. The van der Waals surface area contributed by atoms with Crippen molar-refractivity contribution < 1.29 is 9.13 Å². The van der Waals surface area contributed by atoms with Crippen molar-refractivity contribution in [3.05, 3.63) is 29.6 Å². The van der Waals surface area contributed by atoms with Crippen LogP contribution in [0.1, 0.15) is 24.8 Å². The molecule has 0 radical (unpaired) electrons. The van der Waals surface area contributed by atoms with Crippen LogP contribution in [-0.2, 0) is 6.42 Å². The number of methoxy groups -OCH3 is 1. The quantitative estimate of drug-likeness (QED) is 0.714. The second kappa shape index (κ2) is 5.05. The minimum Gasteiger partial charge on any atom is -0.496 e. The van der Waals surface area contributed by atoms with E-state index in [4.69, 9.17) is 16.3 Å². The van der Waals surface area contributed by atoms with Crippen molar-refractivity contribution in [3.63, 3.8) is 0 Å². The minimum absolute atomic E-state index is 0.214. The Hall–Kier alpha value is -0.760. The van der Waals surface area contributed by atoms with Gasteiger partial charge in [-0.25, -0.2) is 4.39 Å². The Morgan fingerprint density at radius 1 is 1.50 bits per heavy atom. The fourth-order valence-electron chi connectivity index (χ4n) is 1.93. The standard InChI is InChI=1S/C13H16ClFO/c1-16-13-7-5-11(15)8-10(13)4-6-12(14)9-2-3-9/h5,7-9,12H,2-4,6H2,1H3. The van der Waals surface area contributed by atoms with Gasteiger partial charge in [-0.15, -0.1) is 11.6 Å². The Balaban J connectivity index is 1.98. The van der Waals surface area contributed by atoms with E-state index in [-0.39, 0.29) is 11.2 Å². The van der Waals surface area contributed by atoms with Gasteiger partial charge in [0.25, 0.3) is 0 Å². The van der Waals surface area contributed by atoms with Crippen LogP contribution >= 0.6 is 11.6 Å². The van der Waals surface area contributed by atoms with Gasteiger partial charge >= 0.3 is 0 Å². The van der Waals surface area contributed by atoms with E-state index in [2.05, 4.69) is 0 Å². The molecule has 1 aromatic carbocycles. The van der Waals surface area contributed by atoms with Gasteiger partial charge in [0.1, 0.15) is 11.6 Å². The Kier molecular flexibility index (Phi) is 3.70. The lowest BCUT2D eigenvalue weighted by Gasteiger charge is -2.11. The van der Waals surface area contributed by atoms with E-state index in [1.807, 2.05) is 0 Å². The first-order valence-electron chi connectivity index (χ1n) is 5.67. The second-order valence-electron chi connectivity index (χ2n) is 4.35. The smallest absolute Gasteiger partial charge is 0.123 e. The monoisotopic (exact) mass is 242 g/mol. The maximum atomic E-state index is 13.1. The summed E-state index contributed by atoms with van der Waals surface area (Å²) < 4.78 is 18.3. The van der Waals surface area contributed by atoms with Crippen LogP contribution < -0.4 is 4.74 Å². The number of hydrogen-bond donors (Lipinski definition) is 0. The first-order valence-corrected chi connectivity index (χ1v) is 6.11. The maximum absolute atomic E-state index is 13.1. The van der Waals surface area contributed by atoms with Gasteiger partial charge < -0.3 is 4.74 Å². The highest BCUT2D eigenvalue weighted by molar-refractivity contribution is 6.20. The predicted octanol–water partition coefficient (Wildman–Crippen LogP) is 3.78. The van der Waals surface area contributed by atoms with Crippen molar-refractivity contribution in [2.24, 2.45) is 5.92 Å². The summed E-state index contributed by atoms with van der Waals surface area (Å²) in [5.74, 6) is 1.22. The van der Waals surface area contributed by atoms with Gasteiger partial charge in [0.05, 0.1) is 7.11 Å². The highest BCUT2D eigenvalue weighted by Gasteiger charge is 2.29. The summed E-state index contributed by atoms with van der Waals surface area (Å²) in [5.41, 5.74) is 0.911. The minimum atomic E-state index is -0.214.